The smallest absolute Gasteiger partial charge is 0.261 e. The van der Waals surface area contributed by atoms with Gasteiger partial charge in [-0.1, -0.05) is 35.9 Å². The number of benzene rings is 2. The number of nitrogens with one attached hydrogen (secondary N) is 1. The van der Waals surface area contributed by atoms with E-state index in [-0.39, 0.29) is 11.9 Å². The SMILES string of the molecule is Cc1ccc(OC(C)C(=O)NC(C)c2ccc3c(c2)CCCC3)c(C)c1. The second-order valence-corrected chi connectivity index (χ2v) is 7.49. The topological polar surface area (TPSA) is 38.3 Å². The number of amides is 1. The Kier molecular flexibility index (Phi) is 5.65. The summed E-state index contributed by atoms with van der Waals surface area (Å²) in [5, 5.41) is 3.09. The van der Waals surface area contributed by atoms with Crippen molar-refractivity contribution in [1.82, 2.24) is 5.32 Å². The van der Waals surface area contributed by atoms with Gasteiger partial charge in [-0.3, -0.25) is 4.79 Å². The molecule has 2 atom stereocenters. The standard InChI is InChI=1S/C23H29NO2/c1-15-9-12-22(16(2)13-15)26-18(4)23(25)24-17(3)20-11-10-19-7-5-6-8-21(19)14-20/h9-14,17-18H,5-8H2,1-4H3,(H,24,25). The highest BCUT2D eigenvalue weighted by Crippen LogP contribution is 2.25. The molecule has 0 saturated carbocycles. The molecule has 1 aliphatic rings. The first-order valence-corrected chi connectivity index (χ1v) is 9.60. The van der Waals surface area contributed by atoms with Crippen LogP contribution in [-0.2, 0) is 17.6 Å². The monoisotopic (exact) mass is 351 g/mol. The highest BCUT2D eigenvalue weighted by Gasteiger charge is 2.19. The number of carbonyl (C=O) groups excluding carboxylic acids is 1. The molecule has 138 valence electrons. The third-order valence-electron chi connectivity index (χ3n) is 5.23. The summed E-state index contributed by atoms with van der Waals surface area (Å²) < 4.78 is 5.88. The van der Waals surface area contributed by atoms with Crippen LogP contribution in [0.2, 0.25) is 0 Å². The molecular weight excluding hydrogens is 322 g/mol. The summed E-state index contributed by atoms with van der Waals surface area (Å²) in [6.07, 6.45) is 4.34. The molecule has 26 heavy (non-hydrogen) atoms. The largest absolute Gasteiger partial charge is 0.481 e. The molecule has 3 heteroatoms. The Morgan fingerprint density at radius 2 is 1.73 bits per heavy atom. The van der Waals surface area contributed by atoms with Crippen LogP contribution in [0, 0.1) is 13.8 Å². The third-order valence-corrected chi connectivity index (χ3v) is 5.23. The van der Waals surface area contributed by atoms with E-state index in [1.54, 1.807) is 6.92 Å². The minimum Gasteiger partial charge on any atom is -0.481 e. The van der Waals surface area contributed by atoms with Gasteiger partial charge in [0.1, 0.15) is 5.75 Å². The number of aryl methyl sites for hydroxylation is 4. The van der Waals surface area contributed by atoms with E-state index in [1.165, 1.54) is 36.0 Å². The van der Waals surface area contributed by atoms with Crippen molar-refractivity contribution in [3.63, 3.8) is 0 Å². The van der Waals surface area contributed by atoms with E-state index in [9.17, 15) is 4.79 Å². The maximum absolute atomic E-state index is 12.6. The normalized spacial score (nSPS) is 15.7. The zero-order valence-electron chi connectivity index (χ0n) is 16.3. The number of fused-ring (bicyclic) bond motifs is 1. The first-order chi connectivity index (χ1) is 12.4. The molecule has 2 unspecified atom stereocenters. The Morgan fingerprint density at radius 3 is 2.46 bits per heavy atom. The van der Waals surface area contributed by atoms with Gasteiger partial charge in [-0.2, -0.15) is 0 Å². The lowest BCUT2D eigenvalue weighted by atomic mass is 9.89. The first kappa shape index (κ1) is 18.5. The molecule has 0 fully saturated rings. The predicted octanol–water partition coefficient (Wildman–Crippen LogP) is 4.83. The van der Waals surface area contributed by atoms with Crippen molar-refractivity contribution in [3.05, 3.63) is 64.2 Å². The molecule has 0 bridgehead atoms. The fourth-order valence-electron chi connectivity index (χ4n) is 3.61. The molecule has 1 N–H and O–H groups in total. The van der Waals surface area contributed by atoms with Gasteiger partial charge >= 0.3 is 0 Å². The lowest BCUT2D eigenvalue weighted by Crippen LogP contribution is -2.37. The van der Waals surface area contributed by atoms with Gasteiger partial charge in [-0.05, 0) is 81.7 Å². The van der Waals surface area contributed by atoms with E-state index in [2.05, 4.69) is 29.6 Å². The molecule has 0 radical (unpaired) electrons. The Morgan fingerprint density at radius 1 is 1.00 bits per heavy atom. The predicted molar refractivity (Wildman–Crippen MR) is 106 cm³/mol. The van der Waals surface area contributed by atoms with E-state index in [0.29, 0.717) is 0 Å². The van der Waals surface area contributed by atoms with Gasteiger partial charge in [-0.15, -0.1) is 0 Å². The van der Waals surface area contributed by atoms with Crippen molar-refractivity contribution in [1.29, 1.82) is 0 Å². The Bertz CT molecular complexity index is 797. The van der Waals surface area contributed by atoms with Crippen molar-refractivity contribution in [2.75, 3.05) is 0 Å². The van der Waals surface area contributed by atoms with Gasteiger partial charge in [0.05, 0.1) is 6.04 Å². The second kappa shape index (κ2) is 7.94. The number of hydrogen-bond acceptors (Lipinski definition) is 2. The molecule has 0 saturated heterocycles. The van der Waals surface area contributed by atoms with Crippen LogP contribution in [-0.4, -0.2) is 12.0 Å². The Hall–Kier alpha value is -2.29. The average molecular weight is 351 g/mol. The summed E-state index contributed by atoms with van der Waals surface area (Å²) >= 11 is 0. The summed E-state index contributed by atoms with van der Waals surface area (Å²) in [5.41, 5.74) is 6.30. The summed E-state index contributed by atoms with van der Waals surface area (Å²) in [4.78, 5) is 12.6. The second-order valence-electron chi connectivity index (χ2n) is 7.49. The van der Waals surface area contributed by atoms with Crippen molar-refractivity contribution in [2.45, 2.75) is 65.5 Å². The fourth-order valence-corrected chi connectivity index (χ4v) is 3.61. The number of ether oxygens (including phenoxy) is 1. The maximum Gasteiger partial charge on any atom is 0.261 e. The Labute approximate surface area is 156 Å². The highest BCUT2D eigenvalue weighted by atomic mass is 16.5. The molecule has 0 aromatic heterocycles. The summed E-state index contributed by atoms with van der Waals surface area (Å²) in [6, 6.07) is 12.6. The lowest BCUT2D eigenvalue weighted by molar-refractivity contribution is -0.127. The molecule has 3 nitrogen and oxygen atoms in total. The number of hydrogen-bond donors (Lipinski definition) is 1. The molecule has 0 spiro atoms. The van der Waals surface area contributed by atoms with Gasteiger partial charge in [-0.25, -0.2) is 0 Å². The average Bonchev–Trinajstić information content (AvgIpc) is 2.63. The van der Waals surface area contributed by atoms with Crippen LogP contribution in [0.1, 0.15) is 60.5 Å². The summed E-state index contributed by atoms with van der Waals surface area (Å²) in [6.45, 7) is 7.89. The van der Waals surface area contributed by atoms with E-state index in [4.69, 9.17) is 4.74 Å². The molecule has 2 aromatic rings. The van der Waals surface area contributed by atoms with Crippen molar-refractivity contribution >= 4 is 5.91 Å². The van der Waals surface area contributed by atoms with Crippen molar-refractivity contribution in [2.24, 2.45) is 0 Å². The van der Waals surface area contributed by atoms with Crippen molar-refractivity contribution < 1.29 is 9.53 Å². The maximum atomic E-state index is 12.6. The molecule has 0 heterocycles. The van der Waals surface area contributed by atoms with E-state index in [0.717, 1.165) is 23.3 Å². The van der Waals surface area contributed by atoms with Gasteiger partial charge in [0.2, 0.25) is 0 Å². The molecule has 2 aromatic carbocycles. The van der Waals surface area contributed by atoms with Gasteiger partial charge < -0.3 is 10.1 Å². The molecule has 1 amide bonds. The number of rotatable bonds is 5. The zero-order valence-corrected chi connectivity index (χ0v) is 16.3. The van der Waals surface area contributed by atoms with E-state index >= 15 is 0 Å². The zero-order chi connectivity index (χ0) is 18.7. The van der Waals surface area contributed by atoms with Crippen LogP contribution >= 0.6 is 0 Å². The van der Waals surface area contributed by atoms with Crippen LogP contribution in [0.3, 0.4) is 0 Å². The minimum atomic E-state index is -0.531. The minimum absolute atomic E-state index is 0.0279. The molecule has 3 rings (SSSR count). The van der Waals surface area contributed by atoms with E-state index in [1.807, 2.05) is 32.9 Å². The van der Waals surface area contributed by atoms with Crippen molar-refractivity contribution in [3.8, 4) is 5.75 Å². The fraction of sp³-hybridized carbons (Fsp3) is 0.435. The summed E-state index contributed by atoms with van der Waals surface area (Å²) in [5.74, 6) is 0.676. The molecular formula is C23H29NO2. The van der Waals surface area contributed by atoms with Gasteiger partial charge in [0, 0.05) is 0 Å². The highest BCUT2D eigenvalue weighted by molar-refractivity contribution is 5.81. The van der Waals surface area contributed by atoms with Crippen LogP contribution in [0.25, 0.3) is 0 Å². The molecule has 0 aliphatic heterocycles. The number of carbonyl (C=O) groups is 1. The third kappa shape index (κ3) is 4.27. The van der Waals surface area contributed by atoms with Gasteiger partial charge in [0.15, 0.2) is 6.10 Å². The quantitative estimate of drug-likeness (QED) is 0.838. The van der Waals surface area contributed by atoms with Crippen LogP contribution in [0.5, 0.6) is 5.75 Å². The van der Waals surface area contributed by atoms with E-state index < -0.39 is 6.10 Å². The summed E-state index contributed by atoms with van der Waals surface area (Å²) in [7, 11) is 0. The molecule has 1 aliphatic carbocycles. The lowest BCUT2D eigenvalue weighted by Gasteiger charge is -2.22. The van der Waals surface area contributed by atoms with Gasteiger partial charge in [0.25, 0.3) is 5.91 Å². The first-order valence-electron chi connectivity index (χ1n) is 9.60. The van der Waals surface area contributed by atoms with Crippen LogP contribution in [0.15, 0.2) is 36.4 Å². The Balaban J connectivity index is 1.63. The van der Waals surface area contributed by atoms with Crippen LogP contribution < -0.4 is 10.1 Å². The van der Waals surface area contributed by atoms with Crippen LogP contribution in [0.4, 0.5) is 0 Å².